The van der Waals surface area contributed by atoms with Crippen LogP contribution in [0.15, 0.2) is 29.2 Å². The minimum absolute atomic E-state index is 0.0221. The van der Waals surface area contributed by atoms with E-state index in [1.807, 2.05) is 32.0 Å². The predicted molar refractivity (Wildman–Crippen MR) is 67.5 cm³/mol. The van der Waals surface area contributed by atoms with E-state index >= 15 is 0 Å². The molecule has 1 aromatic rings. The van der Waals surface area contributed by atoms with Gasteiger partial charge in [-0.2, -0.15) is 8.78 Å². The standard InChI is InChI=1S/C13H17F2NS/c1-12(2,16)13(6-7-13)9-4-3-5-10(8-9)17-11(14)15/h3-5,8,11H,6-7,16H2,1-2H3. The maximum absolute atomic E-state index is 12.3. The molecule has 0 aromatic heterocycles. The van der Waals surface area contributed by atoms with Crippen LogP contribution in [0.5, 0.6) is 0 Å². The highest BCUT2D eigenvalue weighted by molar-refractivity contribution is 7.99. The Bertz CT molecular complexity index is 408. The molecule has 0 atom stereocenters. The maximum Gasteiger partial charge on any atom is 0.288 e. The third-order valence-corrected chi connectivity index (χ3v) is 4.30. The normalized spacial score (nSPS) is 18.5. The second-order valence-electron chi connectivity index (χ2n) is 5.21. The number of alkyl halides is 2. The van der Waals surface area contributed by atoms with Crippen molar-refractivity contribution in [3.63, 3.8) is 0 Å². The maximum atomic E-state index is 12.3. The molecular weight excluding hydrogens is 240 g/mol. The van der Waals surface area contributed by atoms with Gasteiger partial charge in [0.05, 0.1) is 0 Å². The molecule has 0 bridgehead atoms. The average Bonchev–Trinajstić information content (AvgIpc) is 2.96. The molecule has 1 fully saturated rings. The molecule has 0 amide bonds. The lowest BCUT2D eigenvalue weighted by molar-refractivity contribution is 0.252. The summed E-state index contributed by atoms with van der Waals surface area (Å²) in [6, 6.07) is 7.42. The van der Waals surface area contributed by atoms with Crippen molar-refractivity contribution in [2.75, 3.05) is 0 Å². The second kappa shape index (κ2) is 4.25. The molecule has 94 valence electrons. The third kappa shape index (κ3) is 2.47. The lowest BCUT2D eigenvalue weighted by Gasteiger charge is -2.31. The summed E-state index contributed by atoms with van der Waals surface area (Å²) in [6.45, 7) is 4.01. The summed E-state index contributed by atoms with van der Waals surface area (Å²) in [7, 11) is 0. The van der Waals surface area contributed by atoms with E-state index in [0.717, 1.165) is 18.4 Å². The number of nitrogens with two attached hydrogens (primary N) is 1. The average molecular weight is 257 g/mol. The van der Waals surface area contributed by atoms with Crippen LogP contribution in [0, 0.1) is 0 Å². The molecule has 1 aliphatic rings. The molecule has 0 heterocycles. The monoisotopic (exact) mass is 257 g/mol. The van der Waals surface area contributed by atoms with Crippen LogP contribution >= 0.6 is 11.8 Å². The van der Waals surface area contributed by atoms with Crippen molar-refractivity contribution in [2.24, 2.45) is 5.73 Å². The molecular formula is C13H17F2NS. The van der Waals surface area contributed by atoms with E-state index in [0.29, 0.717) is 16.7 Å². The van der Waals surface area contributed by atoms with E-state index in [-0.39, 0.29) is 11.0 Å². The summed E-state index contributed by atoms with van der Waals surface area (Å²) in [5, 5.41) is 0. The minimum atomic E-state index is -2.37. The van der Waals surface area contributed by atoms with Gasteiger partial charge < -0.3 is 5.73 Å². The fraction of sp³-hybridized carbons (Fsp3) is 0.538. The molecule has 2 N–H and O–H groups in total. The summed E-state index contributed by atoms with van der Waals surface area (Å²) in [6.07, 6.45) is 2.08. The van der Waals surface area contributed by atoms with Gasteiger partial charge >= 0.3 is 0 Å². The van der Waals surface area contributed by atoms with Gasteiger partial charge in [-0.1, -0.05) is 23.9 Å². The zero-order valence-corrected chi connectivity index (χ0v) is 10.9. The number of rotatable bonds is 4. The van der Waals surface area contributed by atoms with Gasteiger partial charge in [0.2, 0.25) is 0 Å². The van der Waals surface area contributed by atoms with Crippen LogP contribution in [0.1, 0.15) is 32.3 Å². The first-order valence-electron chi connectivity index (χ1n) is 5.69. The number of hydrogen-bond acceptors (Lipinski definition) is 2. The van der Waals surface area contributed by atoms with E-state index in [9.17, 15) is 8.78 Å². The molecule has 0 radical (unpaired) electrons. The predicted octanol–water partition coefficient (Wildman–Crippen LogP) is 3.77. The molecule has 0 spiro atoms. The van der Waals surface area contributed by atoms with Gasteiger partial charge in [-0.05, 0) is 44.4 Å². The second-order valence-corrected chi connectivity index (χ2v) is 6.27. The van der Waals surface area contributed by atoms with Gasteiger partial charge in [-0.15, -0.1) is 0 Å². The van der Waals surface area contributed by atoms with Gasteiger partial charge in [-0.25, -0.2) is 0 Å². The highest BCUT2D eigenvalue weighted by atomic mass is 32.2. The summed E-state index contributed by atoms with van der Waals surface area (Å²) >= 11 is 0.593. The summed E-state index contributed by atoms with van der Waals surface area (Å²) in [5.74, 6) is -2.37. The van der Waals surface area contributed by atoms with Gasteiger partial charge in [-0.3, -0.25) is 0 Å². The summed E-state index contributed by atoms with van der Waals surface area (Å²) in [5.41, 5.74) is 6.97. The SMILES string of the molecule is CC(C)(N)C1(c2cccc(SC(F)F)c2)CC1. The zero-order chi connectivity index (χ0) is 12.7. The molecule has 1 aliphatic carbocycles. The van der Waals surface area contributed by atoms with Crippen LogP contribution in [-0.2, 0) is 5.41 Å². The van der Waals surface area contributed by atoms with Gasteiger partial charge in [0.1, 0.15) is 0 Å². The largest absolute Gasteiger partial charge is 0.325 e. The van der Waals surface area contributed by atoms with Crippen molar-refractivity contribution in [1.29, 1.82) is 0 Å². The number of halogens is 2. The Labute approximate surface area is 105 Å². The van der Waals surface area contributed by atoms with Gasteiger partial charge in [0.15, 0.2) is 0 Å². The Hall–Kier alpha value is -0.610. The van der Waals surface area contributed by atoms with Crippen LogP contribution in [0.3, 0.4) is 0 Å². The van der Waals surface area contributed by atoms with Gasteiger partial charge in [0.25, 0.3) is 5.76 Å². The van der Waals surface area contributed by atoms with Crippen molar-refractivity contribution in [2.45, 2.75) is 48.3 Å². The molecule has 17 heavy (non-hydrogen) atoms. The van der Waals surface area contributed by atoms with E-state index < -0.39 is 5.76 Å². The quantitative estimate of drug-likeness (QED) is 0.831. The highest BCUT2D eigenvalue weighted by Crippen LogP contribution is 2.55. The zero-order valence-electron chi connectivity index (χ0n) is 10.0. The van der Waals surface area contributed by atoms with Crippen LogP contribution in [-0.4, -0.2) is 11.3 Å². The van der Waals surface area contributed by atoms with Crippen molar-refractivity contribution >= 4 is 11.8 Å². The van der Waals surface area contributed by atoms with Crippen molar-refractivity contribution in [3.8, 4) is 0 Å². The number of benzene rings is 1. The molecule has 1 saturated carbocycles. The van der Waals surface area contributed by atoms with E-state index in [2.05, 4.69) is 0 Å². The molecule has 1 nitrogen and oxygen atoms in total. The van der Waals surface area contributed by atoms with Crippen molar-refractivity contribution in [1.82, 2.24) is 0 Å². The van der Waals surface area contributed by atoms with Crippen LogP contribution < -0.4 is 5.73 Å². The van der Waals surface area contributed by atoms with E-state index in [1.165, 1.54) is 0 Å². The Morgan fingerprint density at radius 1 is 1.35 bits per heavy atom. The first kappa shape index (κ1) is 12.8. The van der Waals surface area contributed by atoms with E-state index in [4.69, 9.17) is 5.73 Å². The minimum Gasteiger partial charge on any atom is -0.325 e. The molecule has 2 rings (SSSR count). The Morgan fingerprint density at radius 3 is 2.47 bits per heavy atom. The molecule has 0 saturated heterocycles. The fourth-order valence-corrected chi connectivity index (χ4v) is 2.96. The molecule has 0 unspecified atom stereocenters. The van der Waals surface area contributed by atoms with Crippen LogP contribution in [0.2, 0.25) is 0 Å². The number of thioether (sulfide) groups is 1. The Morgan fingerprint density at radius 2 is 2.00 bits per heavy atom. The van der Waals surface area contributed by atoms with Crippen molar-refractivity contribution < 1.29 is 8.78 Å². The number of hydrogen-bond donors (Lipinski definition) is 1. The van der Waals surface area contributed by atoms with Gasteiger partial charge in [0, 0.05) is 15.8 Å². The van der Waals surface area contributed by atoms with Crippen LogP contribution in [0.25, 0.3) is 0 Å². The first-order chi connectivity index (χ1) is 7.85. The summed E-state index contributed by atoms with van der Waals surface area (Å²) in [4.78, 5) is 0.619. The fourth-order valence-electron chi connectivity index (χ4n) is 2.40. The highest BCUT2D eigenvalue weighted by Gasteiger charge is 2.53. The first-order valence-corrected chi connectivity index (χ1v) is 6.57. The van der Waals surface area contributed by atoms with Crippen LogP contribution in [0.4, 0.5) is 8.78 Å². The Kier molecular flexibility index (Phi) is 3.21. The molecule has 0 aliphatic heterocycles. The third-order valence-electron chi connectivity index (χ3n) is 3.60. The Balaban J connectivity index is 2.28. The summed E-state index contributed by atoms with van der Waals surface area (Å²) < 4.78 is 24.7. The van der Waals surface area contributed by atoms with E-state index in [1.54, 1.807) is 6.07 Å². The smallest absolute Gasteiger partial charge is 0.288 e. The molecule has 1 aromatic carbocycles. The van der Waals surface area contributed by atoms with Crippen molar-refractivity contribution in [3.05, 3.63) is 29.8 Å². The topological polar surface area (TPSA) is 26.0 Å². The lowest BCUT2D eigenvalue weighted by Crippen LogP contribution is -2.45. The molecule has 4 heteroatoms. The lowest BCUT2D eigenvalue weighted by atomic mass is 9.79.